The van der Waals surface area contributed by atoms with Crippen LogP contribution >= 0.6 is 0 Å². The second-order valence-corrected chi connectivity index (χ2v) is 8.03. The smallest absolute Gasteiger partial charge is 0.250 e. The summed E-state index contributed by atoms with van der Waals surface area (Å²) < 4.78 is 58.0. The van der Waals surface area contributed by atoms with E-state index in [0.29, 0.717) is 24.6 Å². The van der Waals surface area contributed by atoms with Gasteiger partial charge in [-0.25, -0.2) is 21.9 Å². The standard InChI is InChI=1S/C13H19F2N3O3S/c14-13(15)6-1-2-10(13)5-7-22(19,20)16-8-11-17-12(18-21-11)9-3-4-9/h9-10,16H,1-8H2. The minimum absolute atomic E-state index is 0.0283. The fraction of sp³-hybridized carbons (Fsp3) is 0.846. The van der Waals surface area contributed by atoms with Crippen molar-refractivity contribution >= 4 is 10.0 Å². The number of nitrogens with one attached hydrogen (secondary N) is 1. The highest BCUT2D eigenvalue weighted by molar-refractivity contribution is 7.89. The van der Waals surface area contributed by atoms with E-state index < -0.39 is 21.9 Å². The van der Waals surface area contributed by atoms with E-state index in [2.05, 4.69) is 14.9 Å². The van der Waals surface area contributed by atoms with Gasteiger partial charge >= 0.3 is 0 Å². The minimum Gasteiger partial charge on any atom is -0.338 e. The molecule has 0 aliphatic heterocycles. The number of aromatic nitrogens is 2. The fourth-order valence-corrected chi connectivity index (χ4v) is 3.83. The Morgan fingerprint density at radius 2 is 2.09 bits per heavy atom. The third-order valence-corrected chi connectivity index (χ3v) is 5.62. The Kier molecular flexibility index (Phi) is 4.19. The number of hydrogen-bond donors (Lipinski definition) is 1. The molecule has 124 valence electrons. The van der Waals surface area contributed by atoms with Crippen LogP contribution in [-0.4, -0.2) is 30.2 Å². The lowest BCUT2D eigenvalue weighted by molar-refractivity contribution is -0.0374. The van der Waals surface area contributed by atoms with Crippen molar-refractivity contribution in [3.05, 3.63) is 11.7 Å². The molecule has 2 fully saturated rings. The first kappa shape index (κ1) is 15.8. The summed E-state index contributed by atoms with van der Waals surface area (Å²) in [6.45, 7) is -0.0941. The number of rotatable bonds is 7. The van der Waals surface area contributed by atoms with Gasteiger partial charge in [0.25, 0.3) is 5.92 Å². The van der Waals surface area contributed by atoms with Crippen molar-refractivity contribution in [1.29, 1.82) is 0 Å². The SMILES string of the molecule is O=S(=O)(CCC1CCCC1(F)F)NCc1nc(C2CC2)no1. The Labute approximate surface area is 127 Å². The topological polar surface area (TPSA) is 85.1 Å². The quantitative estimate of drug-likeness (QED) is 0.825. The van der Waals surface area contributed by atoms with E-state index >= 15 is 0 Å². The van der Waals surface area contributed by atoms with Gasteiger partial charge in [0.05, 0.1) is 12.3 Å². The second-order valence-electron chi connectivity index (χ2n) is 6.10. The second kappa shape index (κ2) is 5.84. The van der Waals surface area contributed by atoms with Crippen LogP contribution in [-0.2, 0) is 16.6 Å². The summed E-state index contributed by atoms with van der Waals surface area (Å²) in [5.74, 6) is -2.73. The number of nitrogens with zero attached hydrogens (tertiary/aromatic N) is 2. The van der Waals surface area contributed by atoms with Gasteiger partial charge in [-0.1, -0.05) is 5.16 Å². The molecule has 3 rings (SSSR count). The van der Waals surface area contributed by atoms with Crippen LogP contribution in [0.4, 0.5) is 8.78 Å². The van der Waals surface area contributed by atoms with Crippen molar-refractivity contribution in [1.82, 2.24) is 14.9 Å². The van der Waals surface area contributed by atoms with Crippen LogP contribution in [0.2, 0.25) is 0 Å². The van der Waals surface area contributed by atoms with Crippen LogP contribution in [0.1, 0.15) is 56.2 Å². The van der Waals surface area contributed by atoms with Gasteiger partial charge in [0, 0.05) is 18.3 Å². The average Bonchev–Trinajstić information content (AvgIpc) is 3.08. The van der Waals surface area contributed by atoms with Crippen molar-refractivity contribution < 1.29 is 21.7 Å². The largest absolute Gasteiger partial charge is 0.338 e. The first-order valence-electron chi connectivity index (χ1n) is 7.53. The molecule has 1 aromatic rings. The van der Waals surface area contributed by atoms with Crippen molar-refractivity contribution in [2.45, 2.75) is 56.9 Å². The Balaban J connectivity index is 1.48. The zero-order valence-electron chi connectivity index (χ0n) is 12.1. The van der Waals surface area contributed by atoms with Crippen molar-refractivity contribution in [2.24, 2.45) is 5.92 Å². The van der Waals surface area contributed by atoms with E-state index in [-0.39, 0.29) is 31.0 Å². The Hall–Kier alpha value is -1.09. The molecule has 22 heavy (non-hydrogen) atoms. The molecular weight excluding hydrogens is 316 g/mol. The molecule has 9 heteroatoms. The molecule has 1 heterocycles. The average molecular weight is 335 g/mol. The van der Waals surface area contributed by atoms with Crippen LogP contribution in [0, 0.1) is 5.92 Å². The summed E-state index contributed by atoms with van der Waals surface area (Å²) >= 11 is 0. The summed E-state index contributed by atoms with van der Waals surface area (Å²) in [4.78, 5) is 4.11. The zero-order valence-corrected chi connectivity index (χ0v) is 12.9. The van der Waals surface area contributed by atoms with Crippen LogP contribution in [0.25, 0.3) is 0 Å². The van der Waals surface area contributed by atoms with Gasteiger partial charge in [-0.15, -0.1) is 0 Å². The lowest BCUT2D eigenvalue weighted by atomic mass is 10.0. The maximum absolute atomic E-state index is 13.5. The molecule has 0 saturated heterocycles. The van der Waals surface area contributed by atoms with Gasteiger partial charge in [0.15, 0.2) is 5.82 Å². The number of halogens is 2. The normalized spacial score (nSPS) is 24.7. The van der Waals surface area contributed by atoms with E-state index in [1.54, 1.807) is 0 Å². The zero-order chi connectivity index (χ0) is 15.8. The number of alkyl halides is 2. The Morgan fingerprint density at radius 1 is 1.32 bits per heavy atom. The van der Waals surface area contributed by atoms with Gasteiger partial charge in [-0.3, -0.25) is 0 Å². The summed E-state index contributed by atoms with van der Waals surface area (Å²) in [6, 6.07) is 0. The first-order chi connectivity index (χ1) is 10.4. The van der Waals surface area contributed by atoms with E-state index in [0.717, 1.165) is 12.8 Å². The molecule has 6 nitrogen and oxygen atoms in total. The van der Waals surface area contributed by atoms with Crippen molar-refractivity contribution in [3.63, 3.8) is 0 Å². The number of sulfonamides is 1. The molecule has 1 N–H and O–H groups in total. The van der Waals surface area contributed by atoms with Crippen LogP contribution in [0.5, 0.6) is 0 Å². The van der Waals surface area contributed by atoms with Gasteiger partial charge in [-0.2, -0.15) is 4.98 Å². The summed E-state index contributed by atoms with van der Waals surface area (Å²) in [5.41, 5.74) is 0. The Bertz CT molecular complexity index is 628. The highest BCUT2D eigenvalue weighted by Crippen LogP contribution is 2.42. The highest BCUT2D eigenvalue weighted by atomic mass is 32.2. The number of hydrogen-bond acceptors (Lipinski definition) is 5. The predicted molar refractivity (Wildman–Crippen MR) is 73.8 cm³/mol. The third-order valence-electron chi connectivity index (χ3n) is 4.26. The van der Waals surface area contributed by atoms with Crippen LogP contribution in [0.3, 0.4) is 0 Å². The molecule has 1 aromatic heterocycles. The van der Waals surface area contributed by atoms with E-state index in [9.17, 15) is 17.2 Å². The molecule has 0 radical (unpaired) electrons. The molecular formula is C13H19F2N3O3S. The first-order valence-corrected chi connectivity index (χ1v) is 9.18. The van der Waals surface area contributed by atoms with E-state index in [1.807, 2.05) is 0 Å². The molecule has 0 aromatic carbocycles. The molecule has 1 atom stereocenters. The lowest BCUT2D eigenvalue weighted by Gasteiger charge is -2.18. The maximum Gasteiger partial charge on any atom is 0.250 e. The van der Waals surface area contributed by atoms with Gasteiger partial charge in [-0.05, 0) is 32.1 Å². The van der Waals surface area contributed by atoms with Crippen LogP contribution < -0.4 is 4.72 Å². The van der Waals surface area contributed by atoms with Gasteiger partial charge in [0.1, 0.15) is 0 Å². The molecule has 2 aliphatic carbocycles. The molecule has 2 saturated carbocycles. The van der Waals surface area contributed by atoms with Crippen molar-refractivity contribution in [3.8, 4) is 0 Å². The Morgan fingerprint density at radius 3 is 2.73 bits per heavy atom. The highest BCUT2D eigenvalue weighted by Gasteiger charge is 2.43. The summed E-state index contributed by atoms with van der Waals surface area (Å²) in [5, 5.41) is 3.79. The van der Waals surface area contributed by atoms with Crippen LogP contribution in [0.15, 0.2) is 4.52 Å². The maximum atomic E-state index is 13.5. The molecule has 0 spiro atoms. The van der Waals surface area contributed by atoms with Gasteiger partial charge in [0.2, 0.25) is 15.9 Å². The molecule has 0 bridgehead atoms. The predicted octanol–water partition coefficient (Wildman–Crippen LogP) is 2.19. The minimum atomic E-state index is -3.62. The molecule has 1 unspecified atom stereocenters. The lowest BCUT2D eigenvalue weighted by Crippen LogP contribution is -2.30. The van der Waals surface area contributed by atoms with Crippen molar-refractivity contribution in [2.75, 3.05) is 5.75 Å². The van der Waals surface area contributed by atoms with E-state index in [4.69, 9.17) is 4.52 Å². The van der Waals surface area contributed by atoms with Gasteiger partial charge < -0.3 is 4.52 Å². The van der Waals surface area contributed by atoms with E-state index in [1.165, 1.54) is 0 Å². The summed E-state index contributed by atoms with van der Waals surface area (Å²) in [6.07, 6.45) is 2.73. The molecule has 0 amide bonds. The summed E-state index contributed by atoms with van der Waals surface area (Å²) in [7, 11) is -3.62. The third kappa shape index (κ3) is 3.81. The fourth-order valence-electron chi connectivity index (χ4n) is 2.74. The molecule has 2 aliphatic rings. The monoisotopic (exact) mass is 335 g/mol.